The van der Waals surface area contributed by atoms with Crippen molar-refractivity contribution in [2.75, 3.05) is 19.8 Å². The molecule has 0 unspecified atom stereocenters. The van der Waals surface area contributed by atoms with Gasteiger partial charge in [-0.2, -0.15) is 8.78 Å². The standard InChI is InChI=1S/C14H18ClF2NO3/c15-11-7-10(1-2-12(11)21-13(16)17)8-18-9-14(19)3-5-20-6-4-14/h1-2,7,13,18-19H,3-6,8-9H2. The van der Waals surface area contributed by atoms with Gasteiger partial charge in [0.25, 0.3) is 0 Å². The zero-order valence-electron chi connectivity index (χ0n) is 11.4. The minimum Gasteiger partial charge on any atom is -0.433 e. The Hall–Kier alpha value is -0.950. The van der Waals surface area contributed by atoms with Crippen molar-refractivity contribution < 1.29 is 23.4 Å². The van der Waals surface area contributed by atoms with Crippen molar-refractivity contribution in [3.8, 4) is 5.75 Å². The summed E-state index contributed by atoms with van der Waals surface area (Å²) in [6, 6.07) is 4.64. The Morgan fingerprint density at radius 2 is 2.10 bits per heavy atom. The number of alkyl halides is 2. The summed E-state index contributed by atoms with van der Waals surface area (Å²) in [5, 5.41) is 13.6. The van der Waals surface area contributed by atoms with E-state index in [0.29, 0.717) is 39.1 Å². The largest absolute Gasteiger partial charge is 0.433 e. The Balaban J connectivity index is 1.84. The van der Waals surface area contributed by atoms with E-state index in [-0.39, 0.29) is 10.8 Å². The monoisotopic (exact) mass is 321 g/mol. The highest BCUT2D eigenvalue weighted by atomic mass is 35.5. The number of benzene rings is 1. The molecular weight excluding hydrogens is 304 g/mol. The van der Waals surface area contributed by atoms with Gasteiger partial charge in [0.05, 0.1) is 10.6 Å². The summed E-state index contributed by atoms with van der Waals surface area (Å²) >= 11 is 5.88. The van der Waals surface area contributed by atoms with E-state index >= 15 is 0 Å². The number of hydrogen-bond acceptors (Lipinski definition) is 4. The summed E-state index contributed by atoms with van der Waals surface area (Å²) in [6.07, 6.45) is 1.20. The third-order valence-corrected chi connectivity index (χ3v) is 3.71. The van der Waals surface area contributed by atoms with Crippen molar-refractivity contribution in [3.63, 3.8) is 0 Å². The average Bonchev–Trinajstić information content (AvgIpc) is 2.42. The maximum atomic E-state index is 12.1. The van der Waals surface area contributed by atoms with Crippen LogP contribution in [0.25, 0.3) is 0 Å². The lowest BCUT2D eigenvalue weighted by atomic mass is 9.94. The van der Waals surface area contributed by atoms with Crippen LogP contribution >= 0.6 is 11.6 Å². The molecule has 1 heterocycles. The van der Waals surface area contributed by atoms with Gasteiger partial charge in [0.1, 0.15) is 5.75 Å². The molecule has 1 aliphatic heterocycles. The number of nitrogens with one attached hydrogen (secondary N) is 1. The van der Waals surface area contributed by atoms with E-state index in [1.165, 1.54) is 6.07 Å². The maximum Gasteiger partial charge on any atom is 0.387 e. The lowest BCUT2D eigenvalue weighted by Gasteiger charge is -2.32. The highest BCUT2D eigenvalue weighted by Gasteiger charge is 2.29. The van der Waals surface area contributed by atoms with Crippen LogP contribution in [0.2, 0.25) is 5.02 Å². The van der Waals surface area contributed by atoms with E-state index in [1.54, 1.807) is 12.1 Å². The zero-order chi connectivity index (χ0) is 15.3. The summed E-state index contributed by atoms with van der Waals surface area (Å²) in [5.74, 6) is -0.0431. The SMILES string of the molecule is OC1(CNCc2ccc(OC(F)F)c(Cl)c2)CCOCC1. The van der Waals surface area contributed by atoms with Crippen LogP contribution in [0.3, 0.4) is 0 Å². The van der Waals surface area contributed by atoms with Gasteiger partial charge >= 0.3 is 6.61 Å². The van der Waals surface area contributed by atoms with Crippen molar-refractivity contribution in [3.05, 3.63) is 28.8 Å². The molecule has 1 saturated heterocycles. The quantitative estimate of drug-likeness (QED) is 0.845. The first-order chi connectivity index (χ1) is 9.98. The van der Waals surface area contributed by atoms with E-state index in [2.05, 4.69) is 10.1 Å². The molecule has 1 fully saturated rings. The Morgan fingerprint density at radius 3 is 2.71 bits per heavy atom. The average molecular weight is 322 g/mol. The smallest absolute Gasteiger partial charge is 0.387 e. The molecule has 0 bridgehead atoms. The number of ether oxygens (including phenoxy) is 2. The number of aliphatic hydroxyl groups is 1. The normalized spacial score (nSPS) is 18.0. The number of hydrogen-bond donors (Lipinski definition) is 2. The van der Waals surface area contributed by atoms with E-state index < -0.39 is 12.2 Å². The van der Waals surface area contributed by atoms with Gasteiger partial charge in [-0.3, -0.25) is 0 Å². The molecule has 1 aromatic rings. The van der Waals surface area contributed by atoms with Crippen LogP contribution in [0.15, 0.2) is 18.2 Å². The fourth-order valence-corrected chi connectivity index (χ4v) is 2.46. The van der Waals surface area contributed by atoms with Crippen LogP contribution in [0.1, 0.15) is 18.4 Å². The molecule has 0 amide bonds. The predicted octanol–water partition coefficient (Wildman–Crippen LogP) is 2.57. The van der Waals surface area contributed by atoms with Crippen molar-refractivity contribution in [2.45, 2.75) is 31.6 Å². The minimum absolute atomic E-state index is 0.0431. The first kappa shape index (κ1) is 16.4. The van der Waals surface area contributed by atoms with Crippen LogP contribution in [-0.4, -0.2) is 37.1 Å². The van der Waals surface area contributed by atoms with Gasteiger partial charge in [-0.1, -0.05) is 17.7 Å². The summed E-state index contributed by atoms with van der Waals surface area (Å²) in [6.45, 7) is -0.844. The predicted molar refractivity (Wildman–Crippen MR) is 74.8 cm³/mol. The highest BCUT2D eigenvalue weighted by molar-refractivity contribution is 6.32. The molecule has 0 aliphatic carbocycles. The molecule has 118 valence electrons. The molecule has 4 nitrogen and oxygen atoms in total. The maximum absolute atomic E-state index is 12.1. The van der Waals surface area contributed by atoms with Gasteiger partial charge in [-0.15, -0.1) is 0 Å². The van der Waals surface area contributed by atoms with Gasteiger partial charge < -0.3 is 19.9 Å². The van der Waals surface area contributed by atoms with Crippen LogP contribution in [0.5, 0.6) is 5.75 Å². The number of halogens is 3. The van der Waals surface area contributed by atoms with Crippen LogP contribution in [0.4, 0.5) is 8.78 Å². The van der Waals surface area contributed by atoms with Gasteiger partial charge in [-0.25, -0.2) is 0 Å². The molecule has 0 spiro atoms. The minimum atomic E-state index is -2.89. The van der Waals surface area contributed by atoms with Crippen LogP contribution in [-0.2, 0) is 11.3 Å². The Morgan fingerprint density at radius 1 is 1.38 bits per heavy atom. The molecule has 1 aliphatic rings. The van der Waals surface area contributed by atoms with Crippen molar-refractivity contribution >= 4 is 11.6 Å². The second-order valence-electron chi connectivity index (χ2n) is 5.08. The summed E-state index contributed by atoms with van der Waals surface area (Å²) in [5.41, 5.74) is 0.0816. The summed E-state index contributed by atoms with van der Waals surface area (Å²) in [7, 11) is 0. The van der Waals surface area contributed by atoms with Gasteiger partial charge in [0.2, 0.25) is 0 Å². The Bertz CT molecular complexity index is 468. The lowest BCUT2D eigenvalue weighted by molar-refractivity contribution is -0.0617. The van der Waals surface area contributed by atoms with Gasteiger partial charge in [-0.05, 0) is 17.7 Å². The molecule has 0 aromatic heterocycles. The fourth-order valence-electron chi connectivity index (χ4n) is 2.21. The molecule has 21 heavy (non-hydrogen) atoms. The van der Waals surface area contributed by atoms with E-state index in [1.807, 2.05) is 0 Å². The van der Waals surface area contributed by atoms with E-state index in [0.717, 1.165) is 5.56 Å². The fraction of sp³-hybridized carbons (Fsp3) is 0.571. The second kappa shape index (κ2) is 7.35. The molecule has 7 heteroatoms. The van der Waals surface area contributed by atoms with Crippen molar-refractivity contribution in [1.29, 1.82) is 0 Å². The molecule has 0 atom stereocenters. The van der Waals surface area contributed by atoms with Crippen molar-refractivity contribution in [1.82, 2.24) is 5.32 Å². The van der Waals surface area contributed by atoms with Gasteiger partial charge in [0.15, 0.2) is 0 Å². The van der Waals surface area contributed by atoms with Crippen LogP contribution < -0.4 is 10.1 Å². The van der Waals surface area contributed by atoms with Crippen molar-refractivity contribution in [2.24, 2.45) is 0 Å². The molecule has 1 aromatic carbocycles. The topological polar surface area (TPSA) is 50.7 Å². The third kappa shape index (κ3) is 5.07. The zero-order valence-corrected chi connectivity index (χ0v) is 12.2. The lowest BCUT2D eigenvalue weighted by Crippen LogP contribution is -2.44. The second-order valence-corrected chi connectivity index (χ2v) is 5.49. The summed E-state index contributed by atoms with van der Waals surface area (Å²) < 4.78 is 33.7. The Labute approximate surface area is 127 Å². The number of rotatable bonds is 6. The molecule has 2 N–H and O–H groups in total. The first-order valence-electron chi connectivity index (χ1n) is 6.73. The molecule has 0 saturated carbocycles. The van der Waals surface area contributed by atoms with E-state index in [4.69, 9.17) is 16.3 Å². The van der Waals surface area contributed by atoms with E-state index in [9.17, 15) is 13.9 Å². The Kier molecular flexibility index (Phi) is 5.75. The molecule has 0 radical (unpaired) electrons. The molecular formula is C14H18ClF2NO3. The molecule has 2 rings (SSSR count). The van der Waals surface area contributed by atoms with Gasteiger partial charge in [0, 0.05) is 39.1 Å². The summed E-state index contributed by atoms with van der Waals surface area (Å²) in [4.78, 5) is 0. The first-order valence-corrected chi connectivity index (χ1v) is 7.10. The third-order valence-electron chi connectivity index (χ3n) is 3.42. The highest BCUT2D eigenvalue weighted by Crippen LogP contribution is 2.27. The van der Waals surface area contributed by atoms with Crippen LogP contribution in [0, 0.1) is 0 Å².